The van der Waals surface area contributed by atoms with Gasteiger partial charge in [0.2, 0.25) is 5.78 Å². The van der Waals surface area contributed by atoms with Gasteiger partial charge in [-0.3, -0.25) is 19.2 Å². The molecule has 0 spiro atoms. The van der Waals surface area contributed by atoms with E-state index in [2.05, 4.69) is 0 Å². The predicted octanol–water partition coefficient (Wildman–Crippen LogP) is 2.68. The fourth-order valence-corrected chi connectivity index (χ4v) is 6.47. The van der Waals surface area contributed by atoms with Gasteiger partial charge in [-0.1, -0.05) is 12.1 Å². The van der Waals surface area contributed by atoms with Gasteiger partial charge >= 0.3 is 5.97 Å². The van der Waals surface area contributed by atoms with Crippen LogP contribution in [-0.4, -0.2) is 82.6 Å². The number of esters is 1. The number of carbonyl (C=O) groups is 4. The van der Waals surface area contributed by atoms with E-state index < -0.39 is 88.2 Å². The van der Waals surface area contributed by atoms with Crippen LogP contribution in [-0.2, 0) is 35.0 Å². The number of fused-ring (bicyclic) bond motifs is 3. The van der Waals surface area contributed by atoms with Crippen LogP contribution in [0.1, 0.15) is 89.6 Å². The van der Waals surface area contributed by atoms with E-state index >= 15 is 0 Å². The summed E-state index contributed by atoms with van der Waals surface area (Å²) in [5.74, 6) is -3.79. The second-order valence-electron chi connectivity index (χ2n) is 11.5. The molecule has 6 atom stereocenters. The fourth-order valence-electron chi connectivity index (χ4n) is 6.47. The quantitative estimate of drug-likeness (QED) is 0.280. The maximum atomic E-state index is 13.8. The number of aliphatic hydroxyl groups is 1. The van der Waals surface area contributed by atoms with Crippen molar-refractivity contribution in [1.29, 1.82) is 0 Å². The Kier molecular flexibility index (Phi) is 7.62. The molecular formula is C31H34O12. The molecule has 2 aromatic rings. The molecule has 43 heavy (non-hydrogen) atoms. The Morgan fingerprint density at radius 2 is 1.67 bits per heavy atom. The molecule has 3 aliphatic rings. The maximum Gasteiger partial charge on any atom is 0.303 e. The van der Waals surface area contributed by atoms with Gasteiger partial charge < -0.3 is 39.0 Å². The van der Waals surface area contributed by atoms with Crippen LogP contribution < -0.4 is 4.74 Å². The lowest BCUT2D eigenvalue weighted by molar-refractivity contribution is -0.295. The topological polar surface area (TPSA) is 175 Å². The zero-order chi connectivity index (χ0) is 31.6. The monoisotopic (exact) mass is 598 g/mol. The smallest absolute Gasteiger partial charge is 0.303 e. The molecule has 12 heteroatoms. The first-order valence-electron chi connectivity index (χ1n) is 13.8. The third-order valence-corrected chi connectivity index (χ3v) is 8.77. The molecule has 12 nitrogen and oxygen atoms in total. The first kappa shape index (κ1) is 30.6. The standard InChI is InChI=1S/C31H34O12/c1-13-29(42-15(3)33)30(4,40-6)12-20(41-13)43-19-11-31(38,14(2)32)10-17-22(19)28(37)24-23(26(17)35)25(34)16-8-7-9-18(39-5)21(16)27(24)36/h7-9,13,19-20,29,35,37-38H,10-12H2,1-6H3/t13?,19-,20?,29?,30?,31-/m0/s1. The summed E-state index contributed by atoms with van der Waals surface area (Å²) in [5, 5.41) is 34.5. The van der Waals surface area contributed by atoms with Crippen molar-refractivity contribution in [3.63, 3.8) is 0 Å². The number of hydrogen-bond donors (Lipinski definition) is 3. The number of methoxy groups -OCH3 is 2. The van der Waals surface area contributed by atoms with Gasteiger partial charge in [-0.05, 0) is 26.8 Å². The lowest BCUT2D eigenvalue weighted by atomic mass is 9.72. The number of ether oxygens (including phenoxy) is 5. The molecular weight excluding hydrogens is 564 g/mol. The Hall–Kier alpha value is -3.84. The molecule has 230 valence electrons. The van der Waals surface area contributed by atoms with E-state index in [-0.39, 0.29) is 40.8 Å². The largest absolute Gasteiger partial charge is 0.507 e. The third-order valence-electron chi connectivity index (χ3n) is 8.77. The van der Waals surface area contributed by atoms with Crippen molar-refractivity contribution in [2.45, 2.75) is 82.8 Å². The molecule has 0 amide bonds. The minimum absolute atomic E-state index is 0.0253. The number of phenolic OH excluding ortho intramolecular Hbond substituents is 2. The van der Waals surface area contributed by atoms with Crippen LogP contribution >= 0.6 is 0 Å². The highest BCUT2D eigenvalue weighted by atomic mass is 16.7. The Morgan fingerprint density at radius 3 is 2.28 bits per heavy atom. The number of phenols is 2. The molecule has 0 saturated carbocycles. The summed E-state index contributed by atoms with van der Waals surface area (Å²) in [6.07, 6.45) is -4.59. The molecule has 1 fully saturated rings. The van der Waals surface area contributed by atoms with Crippen molar-refractivity contribution < 1.29 is 58.2 Å². The molecule has 1 saturated heterocycles. The highest BCUT2D eigenvalue weighted by molar-refractivity contribution is 6.31. The average molecular weight is 599 g/mol. The zero-order valence-electron chi connectivity index (χ0n) is 24.7. The summed E-state index contributed by atoms with van der Waals surface area (Å²) in [6, 6.07) is 4.43. The minimum Gasteiger partial charge on any atom is -0.507 e. The summed E-state index contributed by atoms with van der Waals surface area (Å²) in [6.45, 7) is 5.82. The number of carbonyl (C=O) groups excluding carboxylic acids is 4. The van der Waals surface area contributed by atoms with Crippen molar-refractivity contribution >= 4 is 23.3 Å². The number of hydrogen-bond acceptors (Lipinski definition) is 12. The maximum absolute atomic E-state index is 13.8. The molecule has 2 aliphatic carbocycles. The number of benzene rings is 2. The normalized spacial score (nSPS) is 29.7. The number of aromatic hydroxyl groups is 2. The molecule has 0 radical (unpaired) electrons. The van der Waals surface area contributed by atoms with Crippen molar-refractivity contribution in [2.75, 3.05) is 14.2 Å². The van der Waals surface area contributed by atoms with Crippen molar-refractivity contribution in [3.05, 3.63) is 51.6 Å². The third kappa shape index (κ3) is 4.78. The second-order valence-corrected chi connectivity index (χ2v) is 11.5. The van der Waals surface area contributed by atoms with Crippen LogP contribution in [0, 0.1) is 0 Å². The molecule has 2 aromatic carbocycles. The van der Waals surface area contributed by atoms with Gasteiger partial charge in [0.15, 0.2) is 24.0 Å². The van der Waals surface area contributed by atoms with E-state index in [4.69, 9.17) is 23.7 Å². The van der Waals surface area contributed by atoms with E-state index in [0.717, 1.165) is 0 Å². The van der Waals surface area contributed by atoms with Crippen LogP contribution in [0.4, 0.5) is 0 Å². The van der Waals surface area contributed by atoms with E-state index in [1.54, 1.807) is 13.8 Å². The van der Waals surface area contributed by atoms with Crippen LogP contribution in [0.15, 0.2) is 18.2 Å². The zero-order valence-corrected chi connectivity index (χ0v) is 24.7. The van der Waals surface area contributed by atoms with Crippen molar-refractivity contribution in [3.8, 4) is 17.2 Å². The van der Waals surface area contributed by atoms with Gasteiger partial charge in [0, 0.05) is 50.0 Å². The number of ketones is 3. The second kappa shape index (κ2) is 10.7. The van der Waals surface area contributed by atoms with Gasteiger partial charge in [0.1, 0.15) is 28.5 Å². The molecule has 5 rings (SSSR count). The predicted molar refractivity (Wildman–Crippen MR) is 147 cm³/mol. The molecule has 1 aliphatic heterocycles. The SMILES string of the molecule is COc1cccc2c1C(=O)c1c(O)c3c(c(O)c1C2=O)C[C@@](O)(C(C)=O)C[C@@H]3OC1CC(C)(OC)C(OC(C)=O)C(C)O1. The Morgan fingerprint density at radius 1 is 1.00 bits per heavy atom. The van der Waals surface area contributed by atoms with Gasteiger partial charge in [0.25, 0.3) is 0 Å². The number of rotatable bonds is 6. The molecule has 0 bridgehead atoms. The molecule has 1 heterocycles. The molecule has 0 aromatic heterocycles. The lowest BCUT2D eigenvalue weighted by Crippen LogP contribution is -2.58. The van der Waals surface area contributed by atoms with Crippen molar-refractivity contribution in [2.24, 2.45) is 0 Å². The highest BCUT2D eigenvalue weighted by Crippen LogP contribution is 2.53. The fraction of sp³-hybridized carbons (Fsp3) is 0.484. The van der Waals surface area contributed by atoms with E-state index in [0.29, 0.717) is 0 Å². The Balaban J connectivity index is 1.63. The van der Waals surface area contributed by atoms with Crippen LogP contribution in [0.25, 0.3) is 0 Å². The van der Waals surface area contributed by atoms with Gasteiger partial charge in [-0.2, -0.15) is 0 Å². The van der Waals surface area contributed by atoms with Crippen LogP contribution in [0.2, 0.25) is 0 Å². The summed E-state index contributed by atoms with van der Waals surface area (Å²) in [7, 11) is 2.78. The summed E-state index contributed by atoms with van der Waals surface area (Å²) < 4.78 is 28.8. The summed E-state index contributed by atoms with van der Waals surface area (Å²) in [4.78, 5) is 51.8. The average Bonchev–Trinajstić information content (AvgIpc) is 2.94. The van der Waals surface area contributed by atoms with Crippen molar-refractivity contribution in [1.82, 2.24) is 0 Å². The van der Waals surface area contributed by atoms with Crippen LogP contribution in [0.3, 0.4) is 0 Å². The summed E-state index contributed by atoms with van der Waals surface area (Å²) in [5.41, 5.74) is -4.23. The first-order valence-corrected chi connectivity index (χ1v) is 13.8. The minimum atomic E-state index is -2.04. The van der Waals surface area contributed by atoms with Gasteiger partial charge in [0.05, 0.1) is 36.0 Å². The Bertz CT molecular complexity index is 1550. The lowest BCUT2D eigenvalue weighted by Gasteiger charge is -2.47. The highest BCUT2D eigenvalue weighted by Gasteiger charge is 2.52. The van der Waals surface area contributed by atoms with E-state index in [1.165, 1.54) is 46.3 Å². The van der Waals surface area contributed by atoms with Gasteiger partial charge in [-0.25, -0.2) is 0 Å². The molecule has 4 unspecified atom stereocenters. The summed E-state index contributed by atoms with van der Waals surface area (Å²) >= 11 is 0. The number of Topliss-reactive ketones (excluding diaryl/α,β-unsaturated/α-hetero) is 1. The van der Waals surface area contributed by atoms with E-state index in [1.807, 2.05) is 0 Å². The Labute approximate surface area is 247 Å². The van der Waals surface area contributed by atoms with Crippen LogP contribution in [0.5, 0.6) is 17.2 Å². The van der Waals surface area contributed by atoms with E-state index in [9.17, 15) is 34.5 Å². The van der Waals surface area contributed by atoms with Gasteiger partial charge in [-0.15, -0.1) is 0 Å². The molecule has 3 N–H and O–H groups in total. The first-order chi connectivity index (χ1) is 20.2.